The molecule has 5 nitrogen and oxygen atoms in total. The number of benzene rings is 2. The lowest BCUT2D eigenvalue weighted by Crippen LogP contribution is -2.36. The van der Waals surface area contributed by atoms with Crippen LogP contribution >= 0.6 is 23.2 Å². The molecule has 1 saturated heterocycles. The summed E-state index contributed by atoms with van der Waals surface area (Å²) in [7, 11) is 1.62. The molecule has 0 atom stereocenters. The highest BCUT2D eigenvalue weighted by Crippen LogP contribution is 2.37. The van der Waals surface area contributed by atoms with E-state index in [2.05, 4.69) is 10.2 Å². The van der Waals surface area contributed by atoms with E-state index >= 15 is 0 Å². The molecular formula is C21H26Cl2N2O3. The number of nitrogens with one attached hydrogen (secondary N) is 1. The van der Waals surface area contributed by atoms with Crippen molar-refractivity contribution in [3.05, 3.63) is 45.9 Å². The molecule has 1 fully saturated rings. The zero-order chi connectivity index (χ0) is 19.9. The van der Waals surface area contributed by atoms with Gasteiger partial charge in [0, 0.05) is 25.3 Å². The van der Waals surface area contributed by atoms with Gasteiger partial charge in [-0.2, -0.15) is 0 Å². The summed E-state index contributed by atoms with van der Waals surface area (Å²) in [6.45, 7) is 6.43. The van der Waals surface area contributed by atoms with Crippen molar-refractivity contribution in [3.8, 4) is 11.5 Å². The lowest BCUT2D eigenvalue weighted by atomic mass is 10.2. The van der Waals surface area contributed by atoms with E-state index in [1.165, 1.54) is 0 Å². The molecule has 0 bridgehead atoms. The van der Waals surface area contributed by atoms with Gasteiger partial charge in [0.25, 0.3) is 0 Å². The highest BCUT2D eigenvalue weighted by Gasteiger charge is 2.15. The number of ether oxygens (including phenoxy) is 3. The van der Waals surface area contributed by atoms with Crippen LogP contribution < -0.4 is 19.7 Å². The van der Waals surface area contributed by atoms with Crippen LogP contribution in [0.3, 0.4) is 0 Å². The van der Waals surface area contributed by atoms with Crippen LogP contribution in [0.2, 0.25) is 10.0 Å². The SMILES string of the molecule is CCCOc1c(Cl)cc(CNc2ccc(N3CCOCC3)c(Cl)c2)cc1OC. The molecule has 0 spiro atoms. The number of hydrogen-bond donors (Lipinski definition) is 1. The Morgan fingerprint density at radius 2 is 1.89 bits per heavy atom. The number of methoxy groups -OCH3 is 1. The predicted molar refractivity (Wildman–Crippen MR) is 116 cm³/mol. The van der Waals surface area contributed by atoms with Crippen molar-refractivity contribution in [3.63, 3.8) is 0 Å². The molecule has 0 unspecified atom stereocenters. The van der Waals surface area contributed by atoms with Gasteiger partial charge < -0.3 is 24.4 Å². The molecule has 0 aliphatic carbocycles. The van der Waals surface area contributed by atoms with Crippen molar-refractivity contribution in [1.82, 2.24) is 0 Å². The molecule has 0 saturated carbocycles. The monoisotopic (exact) mass is 424 g/mol. The normalized spacial score (nSPS) is 14.1. The van der Waals surface area contributed by atoms with E-state index in [1.54, 1.807) is 7.11 Å². The van der Waals surface area contributed by atoms with Crippen LogP contribution in [0.4, 0.5) is 11.4 Å². The largest absolute Gasteiger partial charge is 0.493 e. The molecular weight excluding hydrogens is 399 g/mol. The minimum atomic E-state index is 0.547. The second kappa shape index (κ2) is 10.1. The number of morpholine rings is 1. The second-order valence-electron chi connectivity index (χ2n) is 6.58. The summed E-state index contributed by atoms with van der Waals surface area (Å²) in [6, 6.07) is 9.86. The number of anilines is 2. The summed E-state index contributed by atoms with van der Waals surface area (Å²) in [5, 5.41) is 4.66. The molecule has 0 aromatic heterocycles. The van der Waals surface area contributed by atoms with E-state index in [4.69, 9.17) is 37.4 Å². The fourth-order valence-electron chi connectivity index (χ4n) is 3.10. The Labute approximate surface area is 176 Å². The van der Waals surface area contributed by atoms with Crippen molar-refractivity contribution >= 4 is 34.6 Å². The molecule has 3 rings (SSSR count). The van der Waals surface area contributed by atoms with E-state index < -0.39 is 0 Å². The van der Waals surface area contributed by atoms with E-state index in [0.29, 0.717) is 29.7 Å². The minimum absolute atomic E-state index is 0.547. The molecule has 152 valence electrons. The Hall–Kier alpha value is -1.82. The van der Waals surface area contributed by atoms with Crippen LogP contribution in [0.1, 0.15) is 18.9 Å². The van der Waals surface area contributed by atoms with Crippen molar-refractivity contribution in [2.24, 2.45) is 0 Å². The van der Waals surface area contributed by atoms with Gasteiger partial charge in [-0.15, -0.1) is 0 Å². The highest BCUT2D eigenvalue weighted by molar-refractivity contribution is 6.33. The standard InChI is InChI=1S/C21H26Cl2N2O3/c1-3-8-28-21-18(23)11-15(12-20(21)26-2)14-24-16-4-5-19(17(22)13-16)25-6-9-27-10-7-25/h4-5,11-13,24H,3,6-10,14H2,1-2H3. The molecule has 7 heteroatoms. The summed E-state index contributed by atoms with van der Waals surface area (Å²) < 4.78 is 16.6. The first-order chi connectivity index (χ1) is 13.6. The van der Waals surface area contributed by atoms with Gasteiger partial charge in [0.15, 0.2) is 11.5 Å². The Morgan fingerprint density at radius 1 is 1.11 bits per heavy atom. The molecule has 0 radical (unpaired) electrons. The topological polar surface area (TPSA) is 43.0 Å². The minimum Gasteiger partial charge on any atom is -0.493 e. The van der Waals surface area contributed by atoms with Crippen LogP contribution in [0.25, 0.3) is 0 Å². The van der Waals surface area contributed by atoms with Crippen molar-refractivity contribution in [2.45, 2.75) is 19.9 Å². The Bertz CT molecular complexity index is 795. The number of halogens is 2. The molecule has 0 amide bonds. The smallest absolute Gasteiger partial charge is 0.179 e. The van der Waals surface area contributed by atoms with E-state index in [0.717, 1.165) is 54.7 Å². The van der Waals surface area contributed by atoms with Gasteiger partial charge in [0.05, 0.1) is 42.7 Å². The molecule has 1 aliphatic rings. The number of hydrogen-bond acceptors (Lipinski definition) is 5. The maximum Gasteiger partial charge on any atom is 0.179 e. The van der Waals surface area contributed by atoms with E-state index in [1.807, 2.05) is 37.3 Å². The van der Waals surface area contributed by atoms with Crippen LogP contribution in [-0.4, -0.2) is 40.0 Å². The Kier molecular flexibility index (Phi) is 7.54. The fourth-order valence-corrected chi connectivity index (χ4v) is 3.69. The van der Waals surface area contributed by atoms with Crippen molar-refractivity contribution in [2.75, 3.05) is 50.2 Å². The third-order valence-corrected chi connectivity index (χ3v) is 5.12. The second-order valence-corrected chi connectivity index (χ2v) is 7.39. The average molecular weight is 425 g/mol. The first-order valence-electron chi connectivity index (χ1n) is 9.47. The average Bonchev–Trinajstić information content (AvgIpc) is 2.71. The molecule has 28 heavy (non-hydrogen) atoms. The van der Waals surface area contributed by atoms with Crippen molar-refractivity contribution < 1.29 is 14.2 Å². The van der Waals surface area contributed by atoms with Crippen molar-refractivity contribution in [1.29, 1.82) is 0 Å². The summed E-state index contributed by atoms with van der Waals surface area (Å²) in [5.41, 5.74) is 2.99. The summed E-state index contributed by atoms with van der Waals surface area (Å²) >= 11 is 12.9. The summed E-state index contributed by atoms with van der Waals surface area (Å²) in [6.07, 6.45) is 0.907. The van der Waals surface area contributed by atoms with Gasteiger partial charge in [-0.3, -0.25) is 0 Å². The third kappa shape index (κ3) is 5.16. The summed E-state index contributed by atoms with van der Waals surface area (Å²) in [5.74, 6) is 1.23. The van der Waals surface area contributed by atoms with Crippen LogP contribution in [0.15, 0.2) is 30.3 Å². The zero-order valence-electron chi connectivity index (χ0n) is 16.3. The Morgan fingerprint density at radius 3 is 2.57 bits per heavy atom. The van der Waals surface area contributed by atoms with Gasteiger partial charge in [-0.25, -0.2) is 0 Å². The number of rotatable bonds is 8. The Balaban J connectivity index is 1.68. The van der Waals surface area contributed by atoms with E-state index in [9.17, 15) is 0 Å². The molecule has 1 N–H and O–H groups in total. The van der Waals surface area contributed by atoms with Crippen LogP contribution in [0, 0.1) is 0 Å². The quantitative estimate of drug-likeness (QED) is 0.627. The number of nitrogens with zero attached hydrogens (tertiary/aromatic N) is 1. The maximum atomic E-state index is 6.51. The lowest BCUT2D eigenvalue weighted by Gasteiger charge is -2.29. The van der Waals surface area contributed by atoms with E-state index in [-0.39, 0.29) is 0 Å². The van der Waals surface area contributed by atoms with Gasteiger partial charge in [0.1, 0.15) is 0 Å². The molecule has 1 aliphatic heterocycles. The maximum absolute atomic E-state index is 6.51. The van der Waals surface area contributed by atoms with Crippen LogP contribution in [0.5, 0.6) is 11.5 Å². The molecule has 2 aromatic rings. The predicted octanol–water partition coefficient (Wildman–Crippen LogP) is 5.24. The highest BCUT2D eigenvalue weighted by atomic mass is 35.5. The van der Waals surface area contributed by atoms with Gasteiger partial charge >= 0.3 is 0 Å². The lowest BCUT2D eigenvalue weighted by molar-refractivity contribution is 0.122. The van der Waals surface area contributed by atoms with Gasteiger partial charge in [-0.1, -0.05) is 30.1 Å². The zero-order valence-corrected chi connectivity index (χ0v) is 17.8. The fraction of sp³-hybridized carbons (Fsp3) is 0.429. The first kappa shape index (κ1) is 20.9. The molecule has 1 heterocycles. The van der Waals surface area contributed by atoms with Gasteiger partial charge in [0.2, 0.25) is 0 Å². The third-order valence-electron chi connectivity index (χ3n) is 4.54. The molecule has 2 aromatic carbocycles. The van der Waals surface area contributed by atoms with Gasteiger partial charge in [-0.05, 0) is 42.3 Å². The van der Waals surface area contributed by atoms with Crippen LogP contribution in [-0.2, 0) is 11.3 Å². The first-order valence-corrected chi connectivity index (χ1v) is 10.2. The summed E-state index contributed by atoms with van der Waals surface area (Å²) in [4.78, 5) is 2.25.